The van der Waals surface area contributed by atoms with Crippen LogP contribution in [0.3, 0.4) is 0 Å². The van der Waals surface area contributed by atoms with Crippen LogP contribution in [0.2, 0.25) is 0 Å². The van der Waals surface area contributed by atoms with Crippen molar-refractivity contribution in [3.63, 3.8) is 0 Å². The van der Waals surface area contributed by atoms with Crippen LogP contribution in [-0.2, 0) is 6.54 Å². The molecule has 2 rings (SSSR count). The predicted octanol–water partition coefficient (Wildman–Crippen LogP) is 1.73. The lowest BCUT2D eigenvalue weighted by Gasteiger charge is -2.39. The van der Waals surface area contributed by atoms with Crippen molar-refractivity contribution in [3.8, 4) is 0 Å². The van der Waals surface area contributed by atoms with Crippen molar-refractivity contribution >= 4 is 11.8 Å². The van der Waals surface area contributed by atoms with E-state index in [1.807, 2.05) is 24.3 Å². The molecule has 2 unspecified atom stereocenters. The molecular weight excluding hydrogens is 244 g/mol. The average molecular weight is 268 g/mol. The quantitative estimate of drug-likeness (QED) is 0.883. The fraction of sp³-hybridized carbons (Fsp3) is 0.769. The van der Waals surface area contributed by atoms with Gasteiger partial charge < -0.3 is 10.3 Å². The SMILES string of the molecule is CCCn1cncc1C(CN)N1CCSCC1C. The van der Waals surface area contributed by atoms with Gasteiger partial charge in [0.05, 0.1) is 18.1 Å². The maximum Gasteiger partial charge on any atom is 0.0948 e. The summed E-state index contributed by atoms with van der Waals surface area (Å²) in [5.74, 6) is 2.42. The highest BCUT2D eigenvalue weighted by atomic mass is 32.2. The van der Waals surface area contributed by atoms with E-state index < -0.39 is 0 Å². The van der Waals surface area contributed by atoms with Gasteiger partial charge in [0.15, 0.2) is 0 Å². The van der Waals surface area contributed by atoms with E-state index in [4.69, 9.17) is 5.73 Å². The molecule has 1 aromatic heterocycles. The van der Waals surface area contributed by atoms with Crippen LogP contribution in [0, 0.1) is 0 Å². The van der Waals surface area contributed by atoms with Gasteiger partial charge in [0.2, 0.25) is 0 Å². The molecular formula is C13H24N4S. The number of hydrogen-bond acceptors (Lipinski definition) is 4. The van der Waals surface area contributed by atoms with Crippen LogP contribution in [0.15, 0.2) is 12.5 Å². The summed E-state index contributed by atoms with van der Waals surface area (Å²) in [5.41, 5.74) is 7.31. The molecule has 0 bridgehead atoms. The van der Waals surface area contributed by atoms with Crippen molar-refractivity contribution in [2.24, 2.45) is 5.73 Å². The van der Waals surface area contributed by atoms with Gasteiger partial charge in [-0.05, 0) is 13.3 Å². The van der Waals surface area contributed by atoms with E-state index in [1.54, 1.807) is 0 Å². The Kier molecular flexibility index (Phi) is 5.09. The van der Waals surface area contributed by atoms with Crippen LogP contribution in [-0.4, -0.2) is 45.1 Å². The fourth-order valence-electron chi connectivity index (χ4n) is 2.67. The lowest BCUT2D eigenvalue weighted by atomic mass is 10.1. The van der Waals surface area contributed by atoms with Crippen LogP contribution in [0.4, 0.5) is 0 Å². The van der Waals surface area contributed by atoms with E-state index in [0.717, 1.165) is 19.5 Å². The number of nitrogens with zero attached hydrogens (tertiary/aromatic N) is 3. The second kappa shape index (κ2) is 6.59. The molecule has 0 aliphatic carbocycles. The molecule has 2 atom stereocenters. The minimum absolute atomic E-state index is 0.315. The first-order valence-corrected chi connectivity index (χ1v) is 7.97. The van der Waals surface area contributed by atoms with Crippen molar-refractivity contribution in [3.05, 3.63) is 18.2 Å². The fourth-order valence-corrected chi connectivity index (χ4v) is 3.70. The highest BCUT2D eigenvalue weighted by Crippen LogP contribution is 2.27. The van der Waals surface area contributed by atoms with Crippen LogP contribution in [0.1, 0.15) is 32.0 Å². The smallest absolute Gasteiger partial charge is 0.0948 e. The highest BCUT2D eigenvalue weighted by molar-refractivity contribution is 7.99. The normalized spacial score (nSPS) is 23.2. The molecule has 4 nitrogen and oxygen atoms in total. The molecule has 102 valence electrons. The molecule has 5 heteroatoms. The lowest BCUT2D eigenvalue weighted by molar-refractivity contribution is 0.159. The topological polar surface area (TPSA) is 47.1 Å². The van der Waals surface area contributed by atoms with Gasteiger partial charge in [0, 0.05) is 43.4 Å². The standard InChI is InChI=1S/C13H24N4S/c1-3-4-16-10-15-8-13(16)12(7-14)17-5-6-18-9-11(17)2/h8,10-12H,3-7,9,14H2,1-2H3. The predicted molar refractivity (Wildman–Crippen MR) is 77.8 cm³/mol. The number of hydrogen-bond donors (Lipinski definition) is 1. The molecule has 1 fully saturated rings. The molecule has 0 saturated carbocycles. The van der Waals surface area contributed by atoms with E-state index in [0.29, 0.717) is 18.6 Å². The minimum atomic E-state index is 0.315. The van der Waals surface area contributed by atoms with Gasteiger partial charge >= 0.3 is 0 Å². The van der Waals surface area contributed by atoms with Gasteiger partial charge in [-0.15, -0.1) is 0 Å². The molecule has 2 heterocycles. The van der Waals surface area contributed by atoms with Gasteiger partial charge in [0.25, 0.3) is 0 Å². The average Bonchev–Trinajstić information content (AvgIpc) is 2.82. The molecule has 1 saturated heterocycles. The number of imidazole rings is 1. The van der Waals surface area contributed by atoms with Crippen molar-refractivity contribution in [1.82, 2.24) is 14.5 Å². The van der Waals surface area contributed by atoms with E-state index >= 15 is 0 Å². The van der Waals surface area contributed by atoms with Gasteiger partial charge in [0.1, 0.15) is 0 Å². The number of thioether (sulfide) groups is 1. The third-order valence-corrected chi connectivity index (χ3v) is 4.78. The minimum Gasteiger partial charge on any atom is -0.333 e. The zero-order chi connectivity index (χ0) is 13.0. The van der Waals surface area contributed by atoms with Crippen LogP contribution >= 0.6 is 11.8 Å². The van der Waals surface area contributed by atoms with Crippen molar-refractivity contribution < 1.29 is 0 Å². The van der Waals surface area contributed by atoms with Gasteiger partial charge in [-0.2, -0.15) is 11.8 Å². The largest absolute Gasteiger partial charge is 0.333 e. The monoisotopic (exact) mass is 268 g/mol. The summed E-state index contributed by atoms with van der Waals surface area (Å²) < 4.78 is 2.26. The van der Waals surface area contributed by atoms with Gasteiger partial charge in [-0.25, -0.2) is 4.98 Å². The molecule has 1 aliphatic heterocycles. The Balaban J connectivity index is 2.18. The van der Waals surface area contributed by atoms with Gasteiger partial charge in [-0.1, -0.05) is 6.92 Å². The Labute approximate surface area is 114 Å². The van der Waals surface area contributed by atoms with Crippen LogP contribution in [0.5, 0.6) is 0 Å². The molecule has 1 aliphatic rings. The summed E-state index contributed by atoms with van der Waals surface area (Å²) in [6.07, 6.45) is 5.05. The Morgan fingerprint density at radius 1 is 1.61 bits per heavy atom. The molecule has 0 radical (unpaired) electrons. The van der Waals surface area contributed by atoms with E-state index in [9.17, 15) is 0 Å². The Morgan fingerprint density at radius 2 is 2.44 bits per heavy atom. The van der Waals surface area contributed by atoms with Crippen LogP contribution < -0.4 is 5.73 Å². The summed E-state index contributed by atoms with van der Waals surface area (Å²) in [7, 11) is 0. The number of nitrogens with two attached hydrogens (primary N) is 1. The van der Waals surface area contributed by atoms with E-state index in [2.05, 4.69) is 28.3 Å². The van der Waals surface area contributed by atoms with Crippen molar-refractivity contribution in [1.29, 1.82) is 0 Å². The Morgan fingerprint density at radius 3 is 3.11 bits per heavy atom. The maximum atomic E-state index is 6.03. The lowest BCUT2D eigenvalue weighted by Crippen LogP contribution is -2.45. The zero-order valence-corrected chi connectivity index (χ0v) is 12.2. The van der Waals surface area contributed by atoms with Crippen molar-refractivity contribution in [2.75, 3.05) is 24.6 Å². The molecule has 2 N–H and O–H groups in total. The molecule has 0 aromatic carbocycles. The summed E-state index contributed by atoms with van der Waals surface area (Å²) in [4.78, 5) is 6.85. The second-order valence-corrected chi connectivity index (χ2v) is 6.07. The summed E-state index contributed by atoms with van der Waals surface area (Å²) >= 11 is 2.04. The molecule has 0 spiro atoms. The third kappa shape index (κ3) is 2.90. The first kappa shape index (κ1) is 13.9. The molecule has 18 heavy (non-hydrogen) atoms. The van der Waals surface area contributed by atoms with E-state index in [-0.39, 0.29) is 0 Å². The Bertz CT molecular complexity index is 366. The third-order valence-electron chi connectivity index (χ3n) is 3.59. The number of rotatable bonds is 5. The Hall–Kier alpha value is -0.520. The maximum absolute atomic E-state index is 6.03. The summed E-state index contributed by atoms with van der Waals surface area (Å²) in [6, 6.07) is 0.914. The number of aryl methyl sites for hydroxylation is 1. The van der Waals surface area contributed by atoms with Crippen LogP contribution in [0.25, 0.3) is 0 Å². The zero-order valence-electron chi connectivity index (χ0n) is 11.4. The first-order chi connectivity index (χ1) is 8.77. The first-order valence-electron chi connectivity index (χ1n) is 6.81. The summed E-state index contributed by atoms with van der Waals surface area (Å²) in [6.45, 7) is 7.33. The molecule has 0 amide bonds. The number of aromatic nitrogens is 2. The van der Waals surface area contributed by atoms with Gasteiger partial charge in [-0.3, -0.25) is 4.90 Å². The second-order valence-electron chi connectivity index (χ2n) is 4.93. The van der Waals surface area contributed by atoms with Crippen molar-refractivity contribution in [2.45, 2.75) is 38.9 Å². The van der Waals surface area contributed by atoms with E-state index in [1.165, 1.54) is 17.2 Å². The highest BCUT2D eigenvalue weighted by Gasteiger charge is 2.28. The summed E-state index contributed by atoms with van der Waals surface area (Å²) in [5, 5.41) is 0. The molecule has 1 aromatic rings.